The van der Waals surface area contributed by atoms with E-state index in [4.69, 9.17) is 0 Å². The Hall–Kier alpha value is -2.13. The Morgan fingerprint density at radius 1 is 0.909 bits per heavy atom. The van der Waals surface area contributed by atoms with Crippen LogP contribution in [0.4, 0.5) is 10.1 Å². The minimum atomic E-state index is -0.178. The van der Waals surface area contributed by atoms with E-state index in [0.717, 1.165) is 26.2 Å². The molecule has 3 rings (SSSR count). The number of nitrogens with zero attached hydrogens (tertiary/aromatic N) is 2. The standard InChI is InChI=1S/C13H18N2.C6H5F/c1-3-12-4-6-13(7-5-12)15-10-8-14(2)9-11-15;7-6-4-2-1-3-5-6/h3-7H,1,8-11H2,2H3;1-5H. The summed E-state index contributed by atoms with van der Waals surface area (Å²) in [6.45, 7) is 8.33. The van der Waals surface area contributed by atoms with Crippen LogP contribution in [0.5, 0.6) is 0 Å². The molecule has 2 aromatic carbocycles. The highest BCUT2D eigenvalue weighted by Crippen LogP contribution is 2.17. The van der Waals surface area contributed by atoms with E-state index in [0.29, 0.717) is 0 Å². The summed E-state index contributed by atoms with van der Waals surface area (Å²) >= 11 is 0. The molecule has 0 amide bonds. The van der Waals surface area contributed by atoms with Gasteiger partial charge in [-0.05, 0) is 36.9 Å². The molecule has 0 bridgehead atoms. The molecule has 2 aromatic rings. The van der Waals surface area contributed by atoms with Crippen molar-refractivity contribution in [3.05, 3.63) is 72.6 Å². The van der Waals surface area contributed by atoms with Crippen LogP contribution in [-0.2, 0) is 0 Å². The summed E-state index contributed by atoms with van der Waals surface area (Å²) in [5.74, 6) is -0.178. The molecule has 0 spiro atoms. The molecule has 1 heterocycles. The lowest BCUT2D eigenvalue weighted by molar-refractivity contribution is 0.313. The van der Waals surface area contributed by atoms with Crippen molar-refractivity contribution in [1.29, 1.82) is 0 Å². The Bertz CT molecular complexity index is 558. The van der Waals surface area contributed by atoms with Crippen LogP contribution in [0.25, 0.3) is 6.08 Å². The lowest BCUT2D eigenvalue weighted by Crippen LogP contribution is -2.44. The van der Waals surface area contributed by atoms with Crippen molar-refractivity contribution >= 4 is 11.8 Å². The van der Waals surface area contributed by atoms with E-state index in [1.165, 1.54) is 23.4 Å². The van der Waals surface area contributed by atoms with Gasteiger partial charge in [-0.2, -0.15) is 0 Å². The minimum Gasteiger partial charge on any atom is -0.369 e. The molecule has 0 N–H and O–H groups in total. The largest absolute Gasteiger partial charge is 0.369 e. The van der Waals surface area contributed by atoms with Gasteiger partial charge < -0.3 is 9.80 Å². The lowest BCUT2D eigenvalue weighted by Gasteiger charge is -2.34. The molecule has 1 aliphatic rings. The molecular weight excluding hydrogens is 275 g/mol. The molecule has 0 aliphatic carbocycles. The van der Waals surface area contributed by atoms with Crippen LogP contribution in [0.2, 0.25) is 0 Å². The number of anilines is 1. The second-order valence-corrected chi connectivity index (χ2v) is 5.38. The van der Waals surface area contributed by atoms with E-state index in [9.17, 15) is 4.39 Å². The maximum absolute atomic E-state index is 11.9. The van der Waals surface area contributed by atoms with Crippen molar-refractivity contribution in [3.8, 4) is 0 Å². The summed E-state index contributed by atoms with van der Waals surface area (Å²) in [6, 6.07) is 16.6. The molecule has 0 unspecified atom stereocenters. The van der Waals surface area contributed by atoms with Gasteiger partial charge in [-0.3, -0.25) is 0 Å². The molecule has 1 aliphatic heterocycles. The van der Waals surface area contributed by atoms with Crippen molar-refractivity contribution in [2.75, 3.05) is 38.1 Å². The molecule has 3 heteroatoms. The first-order chi connectivity index (χ1) is 10.7. The summed E-state index contributed by atoms with van der Waals surface area (Å²) in [4.78, 5) is 4.81. The number of hydrogen-bond donors (Lipinski definition) is 0. The number of rotatable bonds is 2. The molecule has 0 atom stereocenters. The summed E-state index contributed by atoms with van der Waals surface area (Å²) in [6.07, 6.45) is 1.88. The van der Waals surface area contributed by atoms with Crippen molar-refractivity contribution in [2.45, 2.75) is 0 Å². The van der Waals surface area contributed by atoms with Crippen LogP contribution in [0.15, 0.2) is 61.2 Å². The average Bonchev–Trinajstić information content (AvgIpc) is 2.57. The molecule has 22 heavy (non-hydrogen) atoms. The van der Waals surface area contributed by atoms with E-state index in [1.54, 1.807) is 18.2 Å². The van der Waals surface area contributed by atoms with Crippen molar-refractivity contribution in [1.82, 2.24) is 4.90 Å². The smallest absolute Gasteiger partial charge is 0.123 e. The van der Waals surface area contributed by atoms with Gasteiger partial charge in [0.05, 0.1) is 0 Å². The van der Waals surface area contributed by atoms with E-state index in [-0.39, 0.29) is 5.82 Å². The first kappa shape index (κ1) is 16.2. The third-order valence-electron chi connectivity index (χ3n) is 3.73. The van der Waals surface area contributed by atoms with Crippen LogP contribution in [0, 0.1) is 5.82 Å². The van der Waals surface area contributed by atoms with Gasteiger partial charge in [0.2, 0.25) is 0 Å². The topological polar surface area (TPSA) is 6.48 Å². The monoisotopic (exact) mass is 298 g/mol. The minimum absolute atomic E-state index is 0.178. The average molecular weight is 298 g/mol. The van der Waals surface area contributed by atoms with Crippen molar-refractivity contribution in [3.63, 3.8) is 0 Å². The molecule has 2 nitrogen and oxygen atoms in total. The third-order valence-corrected chi connectivity index (χ3v) is 3.73. The van der Waals surface area contributed by atoms with Crippen LogP contribution < -0.4 is 4.90 Å². The number of likely N-dealkylation sites (N-methyl/N-ethyl adjacent to an activating group) is 1. The molecule has 0 radical (unpaired) electrons. The Morgan fingerprint density at radius 2 is 1.50 bits per heavy atom. The van der Waals surface area contributed by atoms with Gasteiger partial charge in [0.1, 0.15) is 5.82 Å². The zero-order chi connectivity index (χ0) is 15.8. The Morgan fingerprint density at radius 3 is 1.95 bits per heavy atom. The number of halogens is 1. The molecule has 0 saturated carbocycles. The molecule has 1 fully saturated rings. The molecule has 116 valence electrons. The molecule has 1 saturated heterocycles. The highest BCUT2D eigenvalue weighted by molar-refractivity contribution is 5.55. The Kier molecular flexibility index (Phi) is 6.16. The second-order valence-electron chi connectivity index (χ2n) is 5.38. The van der Waals surface area contributed by atoms with Gasteiger partial charge in [0, 0.05) is 31.9 Å². The molecular formula is C19H23FN2. The highest BCUT2D eigenvalue weighted by atomic mass is 19.1. The fraction of sp³-hybridized carbons (Fsp3) is 0.263. The first-order valence-corrected chi connectivity index (χ1v) is 7.55. The van der Waals surface area contributed by atoms with Gasteiger partial charge >= 0.3 is 0 Å². The van der Waals surface area contributed by atoms with Gasteiger partial charge in [-0.1, -0.05) is 43.0 Å². The fourth-order valence-electron chi connectivity index (χ4n) is 2.30. The third kappa shape index (κ3) is 5.01. The highest BCUT2D eigenvalue weighted by Gasteiger charge is 2.13. The maximum atomic E-state index is 11.9. The number of hydrogen-bond acceptors (Lipinski definition) is 2. The number of piperazine rings is 1. The summed E-state index contributed by atoms with van der Waals surface area (Å²) < 4.78 is 11.9. The predicted octanol–water partition coefficient (Wildman–Crippen LogP) is 3.91. The summed E-state index contributed by atoms with van der Waals surface area (Å²) in [7, 11) is 2.18. The van der Waals surface area contributed by atoms with Crippen LogP contribution in [0.3, 0.4) is 0 Å². The Labute approximate surface area is 132 Å². The quantitative estimate of drug-likeness (QED) is 0.829. The normalized spacial score (nSPS) is 14.9. The van der Waals surface area contributed by atoms with Crippen molar-refractivity contribution in [2.24, 2.45) is 0 Å². The predicted molar refractivity (Wildman–Crippen MR) is 92.6 cm³/mol. The maximum Gasteiger partial charge on any atom is 0.123 e. The Balaban J connectivity index is 0.000000211. The lowest BCUT2D eigenvalue weighted by atomic mass is 10.2. The van der Waals surface area contributed by atoms with E-state index >= 15 is 0 Å². The second kappa shape index (κ2) is 8.35. The van der Waals surface area contributed by atoms with Crippen LogP contribution in [-0.4, -0.2) is 38.1 Å². The number of benzene rings is 2. The zero-order valence-electron chi connectivity index (χ0n) is 13.1. The van der Waals surface area contributed by atoms with E-state index < -0.39 is 0 Å². The van der Waals surface area contributed by atoms with Gasteiger partial charge in [-0.15, -0.1) is 0 Å². The van der Waals surface area contributed by atoms with Crippen LogP contribution >= 0.6 is 0 Å². The van der Waals surface area contributed by atoms with Gasteiger partial charge in [0.15, 0.2) is 0 Å². The summed E-state index contributed by atoms with van der Waals surface area (Å²) in [5, 5.41) is 0. The van der Waals surface area contributed by atoms with Gasteiger partial charge in [-0.25, -0.2) is 4.39 Å². The van der Waals surface area contributed by atoms with E-state index in [2.05, 4.69) is 47.7 Å². The zero-order valence-corrected chi connectivity index (χ0v) is 13.1. The van der Waals surface area contributed by atoms with E-state index in [1.807, 2.05) is 6.08 Å². The first-order valence-electron chi connectivity index (χ1n) is 7.55. The summed E-state index contributed by atoms with van der Waals surface area (Å²) in [5.41, 5.74) is 2.52. The molecule has 0 aromatic heterocycles. The SMILES string of the molecule is C=Cc1ccc(N2CCN(C)CC2)cc1.Fc1ccccc1. The fourth-order valence-corrected chi connectivity index (χ4v) is 2.30. The van der Waals surface area contributed by atoms with Crippen molar-refractivity contribution < 1.29 is 4.39 Å². The van der Waals surface area contributed by atoms with Gasteiger partial charge in [0.25, 0.3) is 0 Å². The van der Waals surface area contributed by atoms with Crippen LogP contribution in [0.1, 0.15) is 5.56 Å².